The Morgan fingerprint density at radius 1 is 0.850 bits per heavy atom. The van der Waals surface area contributed by atoms with Gasteiger partial charge in [0.05, 0.1) is 6.04 Å². The van der Waals surface area contributed by atoms with E-state index in [4.69, 9.17) is 0 Å². The van der Waals surface area contributed by atoms with Gasteiger partial charge in [0.15, 0.2) is 0 Å². The van der Waals surface area contributed by atoms with E-state index in [1.54, 1.807) is 0 Å². The first-order valence-corrected chi connectivity index (χ1v) is 14.9. The molecule has 2 nitrogen and oxygen atoms in total. The van der Waals surface area contributed by atoms with Gasteiger partial charge in [-0.1, -0.05) is 158 Å². The topological polar surface area (TPSA) is 29.4 Å². The third-order valence-electron chi connectivity index (χ3n) is 7.81. The lowest BCUT2D eigenvalue weighted by Gasteiger charge is -2.35. The summed E-state index contributed by atoms with van der Waals surface area (Å²) in [6, 6.07) is -0.126. The molecule has 0 heterocycles. The molecule has 0 aliphatic heterocycles. The van der Waals surface area contributed by atoms with Crippen LogP contribution >= 0.6 is 0 Å². The molecule has 1 aliphatic rings. The van der Waals surface area contributed by atoms with Gasteiger partial charge in [0.25, 0.3) is 0 Å². The molecule has 0 amide bonds. The lowest BCUT2D eigenvalue weighted by Crippen LogP contribution is -2.27. The number of hydrogen-bond acceptors (Lipinski definition) is 2. The lowest BCUT2D eigenvalue weighted by molar-refractivity contribution is 0.336. The zero-order valence-corrected chi connectivity index (χ0v) is 27.1. The van der Waals surface area contributed by atoms with Crippen LogP contribution in [0.5, 0.6) is 0 Å². The molecule has 0 saturated carbocycles. The van der Waals surface area contributed by atoms with Gasteiger partial charge in [-0.25, -0.2) is 0 Å². The molecule has 2 heteroatoms. The van der Waals surface area contributed by atoms with Crippen molar-refractivity contribution < 1.29 is 0 Å². The van der Waals surface area contributed by atoms with Crippen LogP contribution in [0.1, 0.15) is 101 Å². The number of allylic oxidation sites excluding steroid dienone is 19. The largest absolute Gasteiger partial charge is 0.151 e. The molecule has 1 rings (SSSR count). The first-order valence-electron chi connectivity index (χ1n) is 14.9. The van der Waals surface area contributed by atoms with Gasteiger partial charge in [-0.15, -0.1) is 0 Å². The fourth-order valence-corrected chi connectivity index (χ4v) is 4.97. The fraction of sp³-hybridized carbons (Fsp3) is 0.474. The van der Waals surface area contributed by atoms with Gasteiger partial charge in [0, 0.05) is 5.41 Å². The van der Waals surface area contributed by atoms with Crippen molar-refractivity contribution >= 4 is 0 Å². The lowest BCUT2D eigenvalue weighted by atomic mass is 9.70. The number of nitroso groups, excluding NO2 is 1. The van der Waals surface area contributed by atoms with Gasteiger partial charge in [0.2, 0.25) is 0 Å². The molecule has 2 atom stereocenters. The normalized spacial score (nSPS) is 22.8. The zero-order chi connectivity index (χ0) is 30.2. The maximum Gasteiger partial charge on any atom is 0.0967 e. The molecular formula is C38H55NO. The number of nitrogens with zero attached hydrogens (tertiary/aromatic N) is 1. The van der Waals surface area contributed by atoms with Crippen LogP contribution in [0.2, 0.25) is 0 Å². The van der Waals surface area contributed by atoms with Crippen LogP contribution in [-0.4, -0.2) is 6.04 Å². The van der Waals surface area contributed by atoms with Gasteiger partial charge in [-0.3, -0.25) is 0 Å². The molecule has 0 radical (unpaired) electrons. The van der Waals surface area contributed by atoms with Crippen molar-refractivity contribution in [2.24, 2.45) is 16.0 Å². The Kier molecular flexibility index (Phi) is 15.4. The maximum atomic E-state index is 11.2. The predicted molar refractivity (Wildman–Crippen MR) is 179 cm³/mol. The fourth-order valence-electron chi connectivity index (χ4n) is 4.97. The van der Waals surface area contributed by atoms with Crippen LogP contribution in [0.3, 0.4) is 0 Å². The summed E-state index contributed by atoms with van der Waals surface area (Å²) in [5.41, 5.74) is 7.76. The van der Waals surface area contributed by atoms with Gasteiger partial charge >= 0.3 is 0 Å². The summed E-state index contributed by atoms with van der Waals surface area (Å²) in [6.07, 6.45) is 35.3. The third kappa shape index (κ3) is 13.9. The van der Waals surface area contributed by atoms with Crippen LogP contribution in [0.15, 0.2) is 124 Å². The van der Waals surface area contributed by atoms with Crippen LogP contribution < -0.4 is 0 Å². The van der Waals surface area contributed by atoms with E-state index in [9.17, 15) is 4.91 Å². The summed E-state index contributed by atoms with van der Waals surface area (Å²) in [7, 11) is 0. The van der Waals surface area contributed by atoms with E-state index >= 15 is 0 Å². The van der Waals surface area contributed by atoms with E-state index in [-0.39, 0.29) is 11.5 Å². The van der Waals surface area contributed by atoms with Crippen molar-refractivity contribution in [2.45, 2.75) is 107 Å². The molecule has 0 fully saturated rings. The highest BCUT2D eigenvalue weighted by Crippen LogP contribution is 2.42. The summed E-state index contributed by atoms with van der Waals surface area (Å²) >= 11 is 0. The predicted octanol–water partition coefficient (Wildman–Crippen LogP) is 12.0. The van der Waals surface area contributed by atoms with Gasteiger partial charge in [-0.05, 0) is 72.6 Å². The monoisotopic (exact) mass is 541 g/mol. The molecular weight excluding hydrogens is 486 g/mol. The minimum absolute atomic E-state index is 0.112. The average Bonchev–Trinajstić information content (AvgIpc) is 2.88. The zero-order valence-electron chi connectivity index (χ0n) is 27.1. The molecule has 0 bridgehead atoms. The SMILES string of the molecule is CCCC(C)(C)C/C=C/C(C)=C/C=C/C(C)=C/C=C/C=C(C)/C=C/C=C(C)/C=C/C1(C)CC(N=O)CC(C)=C1C. The van der Waals surface area contributed by atoms with Gasteiger partial charge < -0.3 is 0 Å². The molecule has 40 heavy (non-hydrogen) atoms. The van der Waals surface area contributed by atoms with Crippen molar-refractivity contribution in [1.29, 1.82) is 0 Å². The van der Waals surface area contributed by atoms with Gasteiger partial charge in [0.1, 0.15) is 0 Å². The molecule has 0 aromatic carbocycles. The van der Waals surface area contributed by atoms with Crippen LogP contribution in [0.25, 0.3) is 0 Å². The van der Waals surface area contributed by atoms with E-state index in [1.807, 2.05) is 0 Å². The minimum atomic E-state index is -0.126. The standard InChI is InChI=1S/C38H55NO/c1-11-25-37(8,9)26-16-23-32(4)21-14-19-30(2)17-12-13-18-31(3)20-15-22-33(5)24-27-38(10)29-36(39-40)28-34(6)35(38)7/h12-24,27,36H,11,25-26,28-29H2,1-10H3/b13-12+,19-14+,20-15+,23-16+,27-24+,30-17+,31-18+,32-21+,33-22+. The second-order valence-electron chi connectivity index (χ2n) is 12.6. The summed E-state index contributed by atoms with van der Waals surface area (Å²) < 4.78 is 0. The van der Waals surface area contributed by atoms with Crippen molar-refractivity contribution in [3.8, 4) is 0 Å². The number of hydrogen-bond donors (Lipinski definition) is 0. The highest BCUT2D eigenvalue weighted by molar-refractivity contribution is 5.34. The third-order valence-corrected chi connectivity index (χ3v) is 7.81. The van der Waals surface area contributed by atoms with Crippen LogP contribution in [0.4, 0.5) is 0 Å². The van der Waals surface area contributed by atoms with Crippen LogP contribution in [-0.2, 0) is 0 Å². The molecule has 0 aromatic rings. The average molecular weight is 542 g/mol. The second-order valence-corrected chi connectivity index (χ2v) is 12.6. The second kappa shape index (κ2) is 17.6. The summed E-state index contributed by atoms with van der Waals surface area (Å²) in [4.78, 5) is 11.2. The Morgan fingerprint density at radius 3 is 1.88 bits per heavy atom. The highest BCUT2D eigenvalue weighted by Gasteiger charge is 2.33. The van der Waals surface area contributed by atoms with Gasteiger partial charge in [-0.2, -0.15) is 4.91 Å². The summed E-state index contributed by atoms with van der Waals surface area (Å²) in [5.74, 6) is 0. The first kappa shape index (κ1) is 35.0. The van der Waals surface area contributed by atoms with E-state index < -0.39 is 0 Å². The van der Waals surface area contributed by atoms with E-state index in [0.717, 1.165) is 19.3 Å². The molecule has 0 N–H and O–H groups in total. The Hall–Kier alpha value is -3.00. The highest BCUT2D eigenvalue weighted by atomic mass is 16.3. The molecule has 218 valence electrons. The Balaban J connectivity index is 2.64. The summed E-state index contributed by atoms with van der Waals surface area (Å²) in [5, 5.41) is 3.34. The molecule has 0 aromatic heterocycles. The Morgan fingerprint density at radius 2 is 1.35 bits per heavy atom. The molecule has 1 aliphatic carbocycles. The Labute approximate surface area is 246 Å². The minimum Gasteiger partial charge on any atom is -0.151 e. The van der Waals surface area contributed by atoms with Crippen molar-refractivity contribution in [3.63, 3.8) is 0 Å². The molecule has 0 saturated heterocycles. The number of rotatable bonds is 14. The first-order chi connectivity index (χ1) is 18.8. The quantitative estimate of drug-likeness (QED) is 0.122. The van der Waals surface area contributed by atoms with E-state index in [2.05, 4.69) is 159 Å². The molecule has 2 unspecified atom stereocenters. The molecule has 0 spiro atoms. The smallest absolute Gasteiger partial charge is 0.0967 e. The summed E-state index contributed by atoms with van der Waals surface area (Å²) in [6.45, 7) is 21.9. The Bertz CT molecular complexity index is 1140. The van der Waals surface area contributed by atoms with Crippen LogP contribution in [0, 0.1) is 15.7 Å². The van der Waals surface area contributed by atoms with Crippen molar-refractivity contribution in [1.82, 2.24) is 0 Å². The maximum absolute atomic E-state index is 11.2. The van der Waals surface area contributed by atoms with E-state index in [0.29, 0.717) is 5.41 Å². The van der Waals surface area contributed by atoms with Crippen molar-refractivity contribution in [3.05, 3.63) is 123 Å². The van der Waals surface area contributed by atoms with Crippen molar-refractivity contribution in [2.75, 3.05) is 0 Å². The van der Waals surface area contributed by atoms with E-state index in [1.165, 1.54) is 46.3 Å².